The molecule has 0 spiro atoms. The fourth-order valence-corrected chi connectivity index (χ4v) is 5.99. The SMILES string of the molecule is CCCCCCCCCCCc1cc(Sc2ccc(O)c(CCCCCCCCCCC)c2)ccc1O. The Morgan fingerprint density at radius 1 is 0.459 bits per heavy atom. The summed E-state index contributed by atoms with van der Waals surface area (Å²) in [5.41, 5.74) is 2.11. The molecule has 3 heteroatoms. The summed E-state index contributed by atoms with van der Waals surface area (Å²) in [5, 5.41) is 20.7. The molecule has 2 aromatic rings. The maximum Gasteiger partial charge on any atom is 0.118 e. The van der Waals surface area contributed by atoms with Crippen molar-refractivity contribution in [2.24, 2.45) is 0 Å². The Hall–Kier alpha value is -1.61. The number of hydrogen-bond donors (Lipinski definition) is 2. The first-order chi connectivity index (χ1) is 18.1. The topological polar surface area (TPSA) is 40.5 Å². The minimum atomic E-state index is 0.417. The highest BCUT2D eigenvalue weighted by Gasteiger charge is 2.08. The van der Waals surface area contributed by atoms with E-state index < -0.39 is 0 Å². The molecule has 0 saturated carbocycles. The summed E-state index contributed by atoms with van der Waals surface area (Å²) >= 11 is 1.72. The zero-order valence-electron chi connectivity index (χ0n) is 23.9. The number of aromatic hydroxyl groups is 2. The Morgan fingerprint density at radius 2 is 0.784 bits per heavy atom. The number of phenolic OH excluding ortho intramolecular Hbond substituents is 2. The van der Waals surface area contributed by atoms with Crippen LogP contribution in [0.4, 0.5) is 0 Å². The predicted molar refractivity (Wildman–Crippen MR) is 162 cm³/mol. The first kappa shape index (κ1) is 31.6. The smallest absolute Gasteiger partial charge is 0.118 e. The molecule has 0 aromatic heterocycles. The third-order valence-electron chi connectivity index (χ3n) is 7.44. The van der Waals surface area contributed by atoms with Gasteiger partial charge in [0.2, 0.25) is 0 Å². The summed E-state index contributed by atoms with van der Waals surface area (Å²) in [6.45, 7) is 4.54. The van der Waals surface area contributed by atoms with Crippen molar-refractivity contribution >= 4 is 11.8 Å². The first-order valence-corrected chi connectivity index (χ1v) is 16.3. The van der Waals surface area contributed by atoms with E-state index in [1.807, 2.05) is 24.3 Å². The van der Waals surface area contributed by atoms with Crippen LogP contribution in [0.25, 0.3) is 0 Å². The second kappa shape index (κ2) is 20.4. The monoisotopic (exact) mass is 526 g/mol. The van der Waals surface area contributed by atoms with Crippen molar-refractivity contribution in [2.45, 2.75) is 152 Å². The Bertz CT molecular complexity index is 778. The number of benzene rings is 2. The van der Waals surface area contributed by atoms with Crippen LogP contribution in [0.3, 0.4) is 0 Å². The summed E-state index contributed by atoms with van der Waals surface area (Å²) in [5.74, 6) is 0.835. The summed E-state index contributed by atoms with van der Waals surface area (Å²) in [6.07, 6.45) is 25.6. The molecule has 37 heavy (non-hydrogen) atoms. The molecule has 2 rings (SSSR count). The van der Waals surface area contributed by atoms with E-state index in [2.05, 4.69) is 26.0 Å². The largest absolute Gasteiger partial charge is 0.508 e. The second-order valence-electron chi connectivity index (χ2n) is 10.8. The van der Waals surface area contributed by atoms with Crippen LogP contribution in [0.15, 0.2) is 46.2 Å². The van der Waals surface area contributed by atoms with Crippen LogP contribution in [0.5, 0.6) is 11.5 Å². The Kier molecular flexibility index (Phi) is 17.4. The lowest BCUT2D eigenvalue weighted by molar-refractivity contribution is 0.465. The van der Waals surface area contributed by atoms with E-state index in [1.54, 1.807) is 11.8 Å². The lowest BCUT2D eigenvalue weighted by Gasteiger charge is -2.10. The number of rotatable bonds is 22. The summed E-state index contributed by atoms with van der Waals surface area (Å²) in [4.78, 5) is 2.31. The molecular weight excluding hydrogens is 472 g/mol. The standard InChI is InChI=1S/C34H54O2S/c1-3-5-7-9-11-13-15-17-19-21-29-27-31(23-25-33(29)35)37-32-24-26-34(36)30(28-32)22-20-18-16-14-12-10-8-6-4-2/h23-28,35-36H,3-22H2,1-2H3. The number of phenols is 2. The van der Waals surface area contributed by atoms with Gasteiger partial charge in [0.15, 0.2) is 0 Å². The minimum absolute atomic E-state index is 0.417. The predicted octanol–water partition coefficient (Wildman–Crippen LogP) is 11.4. The lowest BCUT2D eigenvalue weighted by atomic mass is 10.0. The normalized spacial score (nSPS) is 11.3. The van der Waals surface area contributed by atoms with Crippen molar-refractivity contribution in [1.29, 1.82) is 0 Å². The maximum atomic E-state index is 10.4. The van der Waals surface area contributed by atoms with Gasteiger partial charge in [-0.25, -0.2) is 0 Å². The van der Waals surface area contributed by atoms with Crippen molar-refractivity contribution in [2.75, 3.05) is 0 Å². The summed E-state index contributed by atoms with van der Waals surface area (Å²) in [7, 11) is 0. The van der Waals surface area contributed by atoms with Crippen molar-refractivity contribution in [3.05, 3.63) is 47.5 Å². The van der Waals surface area contributed by atoms with Crippen LogP contribution in [-0.2, 0) is 12.8 Å². The molecule has 0 fully saturated rings. The summed E-state index contributed by atoms with van der Waals surface area (Å²) < 4.78 is 0. The molecule has 0 atom stereocenters. The molecule has 2 N–H and O–H groups in total. The van der Waals surface area contributed by atoms with Crippen molar-refractivity contribution < 1.29 is 10.2 Å². The number of unbranched alkanes of at least 4 members (excludes halogenated alkanes) is 16. The molecule has 2 aromatic carbocycles. The van der Waals surface area contributed by atoms with Crippen molar-refractivity contribution in [3.63, 3.8) is 0 Å². The highest BCUT2D eigenvalue weighted by atomic mass is 32.2. The average molecular weight is 527 g/mol. The Morgan fingerprint density at radius 3 is 1.14 bits per heavy atom. The van der Waals surface area contributed by atoms with Gasteiger partial charge in [0.05, 0.1) is 0 Å². The lowest BCUT2D eigenvalue weighted by Crippen LogP contribution is -1.90. The van der Waals surface area contributed by atoms with Gasteiger partial charge in [0.1, 0.15) is 11.5 Å². The van der Waals surface area contributed by atoms with Gasteiger partial charge in [-0.2, -0.15) is 0 Å². The fourth-order valence-electron chi connectivity index (χ4n) is 5.04. The van der Waals surface area contributed by atoms with Crippen LogP contribution in [-0.4, -0.2) is 10.2 Å². The van der Waals surface area contributed by atoms with Gasteiger partial charge in [0.25, 0.3) is 0 Å². The van der Waals surface area contributed by atoms with Crippen molar-refractivity contribution in [1.82, 2.24) is 0 Å². The third kappa shape index (κ3) is 14.2. The Balaban J connectivity index is 1.73. The Labute approximate surface area is 232 Å². The first-order valence-electron chi connectivity index (χ1n) is 15.5. The van der Waals surface area contributed by atoms with Gasteiger partial charge in [-0.3, -0.25) is 0 Å². The van der Waals surface area contributed by atoms with Gasteiger partial charge >= 0.3 is 0 Å². The zero-order chi connectivity index (χ0) is 26.6. The highest BCUT2D eigenvalue weighted by Crippen LogP contribution is 2.34. The quantitative estimate of drug-likeness (QED) is 0.150. The molecule has 0 bridgehead atoms. The zero-order valence-corrected chi connectivity index (χ0v) is 24.7. The van der Waals surface area contributed by atoms with E-state index in [9.17, 15) is 10.2 Å². The van der Waals surface area contributed by atoms with Gasteiger partial charge in [-0.05, 0) is 73.2 Å². The fraction of sp³-hybridized carbons (Fsp3) is 0.647. The molecule has 0 radical (unpaired) electrons. The molecule has 0 amide bonds. The molecule has 0 heterocycles. The van der Waals surface area contributed by atoms with E-state index in [1.165, 1.54) is 103 Å². The molecule has 0 aliphatic rings. The van der Waals surface area contributed by atoms with E-state index in [-0.39, 0.29) is 0 Å². The van der Waals surface area contributed by atoms with Gasteiger partial charge in [0, 0.05) is 9.79 Å². The highest BCUT2D eigenvalue weighted by molar-refractivity contribution is 7.99. The molecule has 0 aliphatic heterocycles. The third-order valence-corrected chi connectivity index (χ3v) is 8.42. The second-order valence-corrected chi connectivity index (χ2v) is 12.0. The van der Waals surface area contributed by atoms with E-state index >= 15 is 0 Å². The average Bonchev–Trinajstić information content (AvgIpc) is 2.90. The van der Waals surface area contributed by atoms with Gasteiger partial charge < -0.3 is 10.2 Å². The molecule has 208 valence electrons. The molecular formula is C34H54O2S. The number of hydrogen-bond acceptors (Lipinski definition) is 3. The van der Waals surface area contributed by atoms with Crippen LogP contribution in [0.1, 0.15) is 141 Å². The van der Waals surface area contributed by atoms with Crippen LogP contribution in [0.2, 0.25) is 0 Å². The van der Waals surface area contributed by atoms with Gasteiger partial charge in [-0.15, -0.1) is 0 Å². The molecule has 0 unspecified atom stereocenters. The van der Waals surface area contributed by atoms with Gasteiger partial charge in [-0.1, -0.05) is 128 Å². The van der Waals surface area contributed by atoms with E-state index in [4.69, 9.17) is 0 Å². The molecule has 2 nitrogen and oxygen atoms in total. The van der Waals surface area contributed by atoms with E-state index in [0.717, 1.165) is 46.6 Å². The number of aryl methyl sites for hydroxylation is 2. The van der Waals surface area contributed by atoms with Crippen LogP contribution < -0.4 is 0 Å². The summed E-state index contributed by atoms with van der Waals surface area (Å²) in [6, 6.07) is 12.0. The van der Waals surface area contributed by atoms with Crippen LogP contribution >= 0.6 is 11.8 Å². The minimum Gasteiger partial charge on any atom is -0.508 e. The molecule has 0 aliphatic carbocycles. The maximum absolute atomic E-state index is 10.4. The van der Waals surface area contributed by atoms with Crippen LogP contribution in [0, 0.1) is 0 Å². The molecule has 0 saturated heterocycles. The van der Waals surface area contributed by atoms with Crippen molar-refractivity contribution in [3.8, 4) is 11.5 Å². The van der Waals surface area contributed by atoms with E-state index in [0.29, 0.717) is 11.5 Å².